The number of aryl methyl sites for hydroxylation is 1. The van der Waals surface area contributed by atoms with Crippen molar-refractivity contribution in [1.29, 1.82) is 0 Å². The summed E-state index contributed by atoms with van der Waals surface area (Å²) in [4.78, 5) is 19.3. The summed E-state index contributed by atoms with van der Waals surface area (Å²) < 4.78 is 19.7. The van der Waals surface area contributed by atoms with Crippen molar-refractivity contribution in [3.63, 3.8) is 0 Å². The number of aromatic nitrogens is 1. The summed E-state index contributed by atoms with van der Waals surface area (Å²) in [6.45, 7) is 2.27. The number of phenolic OH excluding ortho intramolecular Hbond substituents is 1. The fraction of sp³-hybridized carbons (Fsp3) is 0.158. The SMILES string of the molecule is Cc1sc(N(Cc2ccccc2)c2cccc(O)c2)nc1C(=O)NCS(=O)O. The molecule has 0 aliphatic rings. The molecular formula is C19H19N3O4S2. The van der Waals surface area contributed by atoms with Crippen molar-refractivity contribution in [3.8, 4) is 5.75 Å². The molecule has 28 heavy (non-hydrogen) atoms. The van der Waals surface area contributed by atoms with E-state index in [1.165, 1.54) is 11.3 Å². The fourth-order valence-corrected chi connectivity index (χ4v) is 3.80. The number of amides is 1. The third-order valence-electron chi connectivity index (χ3n) is 3.91. The zero-order valence-electron chi connectivity index (χ0n) is 15.0. The van der Waals surface area contributed by atoms with Crippen LogP contribution in [0.25, 0.3) is 0 Å². The van der Waals surface area contributed by atoms with Crippen LogP contribution in [0.5, 0.6) is 5.75 Å². The third kappa shape index (κ3) is 4.94. The Morgan fingerprint density at radius 2 is 1.96 bits per heavy atom. The second-order valence-corrected chi connectivity index (χ2v) is 8.08. The Kier molecular flexibility index (Phi) is 6.40. The van der Waals surface area contributed by atoms with Crippen LogP contribution in [-0.4, -0.2) is 30.6 Å². The molecule has 1 aromatic heterocycles. The van der Waals surface area contributed by atoms with Gasteiger partial charge in [-0.2, -0.15) is 0 Å². The Morgan fingerprint density at radius 3 is 2.64 bits per heavy atom. The van der Waals surface area contributed by atoms with Crippen molar-refractivity contribution in [2.45, 2.75) is 13.5 Å². The molecule has 7 nitrogen and oxygen atoms in total. The number of carbonyl (C=O) groups is 1. The molecule has 3 N–H and O–H groups in total. The molecule has 1 amide bonds. The topological polar surface area (TPSA) is 103 Å². The van der Waals surface area contributed by atoms with Crippen LogP contribution >= 0.6 is 11.3 Å². The van der Waals surface area contributed by atoms with Crippen LogP contribution in [0.2, 0.25) is 0 Å². The van der Waals surface area contributed by atoms with Crippen LogP contribution in [0.1, 0.15) is 20.9 Å². The quantitative estimate of drug-likeness (QED) is 0.509. The Bertz CT molecular complexity index is 992. The van der Waals surface area contributed by atoms with Gasteiger partial charge < -0.3 is 19.9 Å². The molecule has 1 heterocycles. The summed E-state index contributed by atoms with van der Waals surface area (Å²) in [5, 5.41) is 12.9. The second-order valence-electron chi connectivity index (χ2n) is 5.96. The number of rotatable bonds is 7. The van der Waals surface area contributed by atoms with E-state index in [9.17, 15) is 14.1 Å². The lowest BCUT2D eigenvalue weighted by Crippen LogP contribution is -2.27. The first-order valence-electron chi connectivity index (χ1n) is 8.37. The molecule has 3 aromatic rings. The van der Waals surface area contributed by atoms with Gasteiger partial charge in [0, 0.05) is 16.6 Å². The minimum atomic E-state index is -2.12. The van der Waals surface area contributed by atoms with Gasteiger partial charge in [0.05, 0.1) is 6.54 Å². The highest BCUT2D eigenvalue weighted by molar-refractivity contribution is 7.79. The van der Waals surface area contributed by atoms with E-state index in [4.69, 9.17) is 4.55 Å². The van der Waals surface area contributed by atoms with E-state index in [2.05, 4.69) is 10.3 Å². The van der Waals surface area contributed by atoms with E-state index in [-0.39, 0.29) is 17.3 Å². The van der Waals surface area contributed by atoms with Crippen LogP contribution < -0.4 is 10.2 Å². The van der Waals surface area contributed by atoms with Crippen molar-refractivity contribution in [1.82, 2.24) is 10.3 Å². The molecule has 0 bridgehead atoms. The van der Waals surface area contributed by atoms with Gasteiger partial charge >= 0.3 is 0 Å². The monoisotopic (exact) mass is 417 g/mol. The largest absolute Gasteiger partial charge is 0.508 e. The van der Waals surface area contributed by atoms with Crippen molar-refractivity contribution in [2.75, 3.05) is 10.8 Å². The number of phenols is 1. The van der Waals surface area contributed by atoms with Gasteiger partial charge in [-0.25, -0.2) is 9.19 Å². The van der Waals surface area contributed by atoms with Crippen molar-refractivity contribution < 1.29 is 18.7 Å². The number of benzene rings is 2. The van der Waals surface area contributed by atoms with Gasteiger partial charge in [-0.05, 0) is 24.6 Å². The highest BCUT2D eigenvalue weighted by atomic mass is 32.2. The smallest absolute Gasteiger partial charge is 0.271 e. The number of thiazole rings is 1. The second kappa shape index (κ2) is 8.96. The number of nitrogens with one attached hydrogen (secondary N) is 1. The molecule has 9 heteroatoms. The summed E-state index contributed by atoms with van der Waals surface area (Å²) >= 11 is -0.783. The number of aromatic hydroxyl groups is 1. The maximum atomic E-state index is 12.3. The molecular weight excluding hydrogens is 398 g/mol. The number of carbonyl (C=O) groups excluding carboxylic acids is 1. The highest BCUT2D eigenvalue weighted by Crippen LogP contribution is 2.34. The molecule has 0 saturated carbocycles. The number of nitrogens with zero attached hydrogens (tertiary/aromatic N) is 2. The molecule has 1 unspecified atom stereocenters. The lowest BCUT2D eigenvalue weighted by molar-refractivity contribution is 0.0955. The Labute approximate surface area is 169 Å². The molecule has 0 fully saturated rings. The predicted molar refractivity (Wildman–Crippen MR) is 110 cm³/mol. The highest BCUT2D eigenvalue weighted by Gasteiger charge is 2.21. The molecule has 146 valence electrons. The van der Waals surface area contributed by atoms with Gasteiger partial charge in [0.15, 0.2) is 16.2 Å². The van der Waals surface area contributed by atoms with E-state index >= 15 is 0 Å². The first-order valence-corrected chi connectivity index (χ1v) is 10.5. The summed E-state index contributed by atoms with van der Waals surface area (Å²) in [5.74, 6) is -0.726. The van der Waals surface area contributed by atoms with E-state index < -0.39 is 17.0 Å². The fourth-order valence-electron chi connectivity index (χ4n) is 2.62. The first-order chi connectivity index (χ1) is 13.4. The predicted octanol–water partition coefficient (Wildman–Crippen LogP) is 3.40. The maximum Gasteiger partial charge on any atom is 0.271 e. The lowest BCUT2D eigenvalue weighted by atomic mass is 10.2. The minimum absolute atomic E-state index is 0.132. The average molecular weight is 418 g/mol. The van der Waals surface area contributed by atoms with Crippen LogP contribution in [-0.2, 0) is 17.6 Å². The number of hydrogen-bond acceptors (Lipinski definition) is 6. The number of hydrogen-bond donors (Lipinski definition) is 3. The standard InChI is InChI=1S/C19H19N3O4S2/c1-13-17(18(24)20-12-28(25)26)21-19(27-13)22(11-14-6-3-2-4-7-14)15-8-5-9-16(23)10-15/h2-10,23H,11-12H2,1H3,(H,20,24)(H,25,26). The van der Waals surface area contributed by atoms with Crippen LogP contribution in [0.15, 0.2) is 54.6 Å². The third-order valence-corrected chi connectivity index (χ3v) is 5.30. The minimum Gasteiger partial charge on any atom is -0.508 e. The molecule has 3 rings (SSSR count). The van der Waals surface area contributed by atoms with Gasteiger partial charge in [-0.3, -0.25) is 4.79 Å². The van der Waals surface area contributed by atoms with Gasteiger partial charge in [-0.1, -0.05) is 36.4 Å². The molecule has 0 spiro atoms. The molecule has 0 radical (unpaired) electrons. The molecule has 0 saturated heterocycles. The van der Waals surface area contributed by atoms with Gasteiger partial charge in [0.2, 0.25) is 0 Å². The lowest BCUT2D eigenvalue weighted by Gasteiger charge is -2.22. The molecule has 1 atom stereocenters. The van der Waals surface area contributed by atoms with E-state index in [0.717, 1.165) is 11.3 Å². The van der Waals surface area contributed by atoms with Crippen LogP contribution in [0.4, 0.5) is 10.8 Å². The van der Waals surface area contributed by atoms with E-state index in [0.29, 0.717) is 16.6 Å². The average Bonchev–Trinajstić information content (AvgIpc) is 3.06. The normalized spacial score (nSPS) is 11.8. The summed E-state index contributed by atoms with van der Waals surface area (Å²) in [5.41, 5.74) is 1.99. The van der Waals surface area contributed by atoms with Gasteiger partial charge in [-0.15, -0.1) is 11.3 Å². The Morgan fingerprint density at radius 1 is 1.21 bits per heavy atom. The Balaban J connectivity index is 1.95. The Hall–Kier alpha value is -2.75. The number of anilines is 2. The summed E-state index contributed by atoms with van der Waals surface area (Å²) in [6.07, 6.45) is 0. The summed E-state index contributed by atoms with van der Waals surface area (Å²) in [7, 11) is 0. The molecule has 0 aliphatic carbocycles. The van der Waals surface area contributed by atoms with Crippen LogP contribution in [0.3, 0.4) is 0 Å². The maximum absolute atomic E-state index is 12.3. The van der Waals surface area contributed by atoms with Crippen molar-refractivity contribution in [3.05, 3.63) is 70.7 Å². The van der Waals surface area contributed by atoms with Crippen molar-refractivity contribution >= 4 is 39.1 Å². The van der Waals surface area contributed by atoms with E-state index in [1.54, 1.807) is 25.1 Å². The first kappa shape index (κ1) is 20.0. The zero-order chi connectivity index (χ0) is 20.1. The van der Waals surface area contributed by atoms with Crippen LogP contribution in [0, 0.1) is 6.92 Å². The van der Waals surface area contributed by atoms with Gasteiger partial charge in [0.1, 0.15) is 17.3 Å². The van der Waals surface area contributed by atoms with Crippen molar-refractivity contribution in [2.24, 2.45) is 0 Å². The van der Waals surface area contributed by atoms with Gasteiger partial charge in [0.25, 0.3) is 5.91 Å². The molecule has 0 aliphatic heterocycles. The van der Waals surface area contributed by atoms with E-state index in [1.807, 2.05) is 41.3 Å². The zero-order valence-corrected chi connectivity index (χ0v) is 16.7. The summed E-state index contributed by atoms with van der Waals surface area (Å²) in [6, 6.07) is 16.6. The molecule has 2 aromatic carbocycles.